The highest BCUT2D eigenvalue weighted by Gasteiger charge is 2.31. The smallest absolute Gasteiger partial charge is 0.274 e. The lowest BCUT2D eigenvalue weighted by atomic mass is 10.0. The average Bonchev–Trinajstić information content (AvgIpc) is 3.17. The maximum Gasteiger partial charge on any atom is 0.274 e. The van der Waals surface area contributed by atoms with E-state index < -0.39 is 5.91 Å². The van der Waals surface area contributed by atoms with E-state index in [-0.39, 0.29) is 11.7 Å². The molecule has 35 heavy (non-hydrogen) atoms. The number of nitrogens with one attached hydrogen (secondary N) is 1. The first-order chi connectivity index (χ1) is 16.9. The van der Waals surface area contributed by atoms with Gasteiger partial charge in [-0.15, -0.1) is 0 Å². The van der Waals surface area contributed by atoms with Crippen molar-refractivity contribution in [2.75, 3.05) is 52.9 Å². The molecule has 1 aromatic heterocycles. The lowest BCUT2D eigenvalue weighted by Crippen LogP contribution is -2.48. The Hall–Kier alpha value is -3.27. The number of benzene rings is 2. The SMILES string of the molecule is CN1CCN(CCN2CCc3c(c4cc(F)ccc4n3Cc3ccc(C(=O)NO)cc3)C2=O)CC1. The molecule has 1 saturated heterocycles. The van der Waals surface area contributed by atoms with Gasteiger partial charge in [-0.25, -0.2) is 9.87 Å². The molecule has 2 aromatic carbocycles. The van der Waals surface area contributed by atoms with Crippen molar-refractivity contribution in [3.05, 3.63) is 70.7 Å². The summed E-state index contributed by atoms with van der Waals surface area (Å²) in [7, 11) is 2.13. The van der Waals surface area contributed by atoms with Crippen molar-refractivity contribution < 1.29 is 19.2 Å². The summed E-state index contributed by atoms with van der Waals surface area (Å²) >= 11 is 0. The van der Waals surface area contributed by atoms with Gasteiger partial charge in [0, 0.05) is 80.9 Å². The van der Waals surface area contributed by atoms with Crippen molar-refractivity contribution in [1.29, 1.82) is 0 Å². The zero-order valence-electron chi connectivity index (χ0n) is 19.8. The second-order valence-corrected chi connectivity index (χ2v) is 9.39. The fraction of sp³-hybridized carbons (Fsp3) is 0.385. The second kappa shape index (κ2) is 9.77. The number of piperazine rings is 1. The van der Waals surface area contributed by atoms with Crippen LogP contribution >= 0.6 is 0 Å². The molecule has 0 atom stereocenters. The van der Waals surface area contributed by atoms with E-state index in [1.54, 1.807) is 23.7 Å². The van der Waals surface area contributed by atoms with Gasteiger partial charge in [0.05, 0.1) is 5.56 Å². The van der Waals surface area contributed by atoms with Gasteiger partial charge in [-0.3, -0.25) is 19.7 Å². The van der Waals surface area contributed by atoms with E-state index in [1.165, 1.54) is 12.1 Å². The van der Waals surface area contributed by atoms with Crippen LogP contribution < -0.4 is 5.48 Å². The van der Waals surface area contributed by atoms with Gasteiger partial charge in [-0.2, -0.15) is 0 Å². The molecule has 8 nitrogen and oxygen atoms in total. The van der Waals surface area contributed by atoms with Crippen molar-refractivity contribution in [3.63, 3.8) is 0 Å². The topological polar surface area (TPSA) is 81.1 Å². The molecule has 5 rings (SSSR count). The summed E-state index contributed by atoms with van der Waals surface area (Å²) < 4.78 is 16.3. The number of likely N-dealkylation sites (N-methyl/N-ethyl adjacent to an activating group) is 1. The summed E-state index contributed by atoms with van der Waals surface area (Å²) in [6.45, 7) is 6.72. The minimum Gasteiger partial charge on any atom is -0.339 e. The third-order valence-electron chi connectivity index (χ3n) is 7.19. The summed E-state index contributed by atoms with van der Waals surface area (Å²) in [5, 5.41) is 9.48. The molecule has 0 bridgehead atoms. The van der Waals surface area contributed by atoms with Crippen molar-refractivity contribution in [2.24, 2.45) is 0 Å². The highest BCUT2D eigenvalue weighted by molar-refractivity contribution is 6.09. The highest BCUT2D eigenvalue weighted by Crippen LogP contribution is 2.32. The van der Waals surface area contributed by atoms with Gasteiger partial charge in [0.2, 0.25) is 0 Å². The maximum absolute atomic E-state index is 14.2. The van der Waals surface area contributed by atoms with Crippen molar-refractivity contribution in [2.45, 2.75) is 13.0 Å². The molecule has 2 amide bonds. The number of nitrogens with zero attached hydrogens (tertiary/aromatic N) is 4. The molecule has 2 aliphatic heterocycles. The van der Waals surface area contributed by atoms with Gasteiger partial charge in [0.25, 0.3) is 11.8 Å². The number of halogens is 1. The summed E-state index contributed by atoms with van der Waals surface area (Å²) in [6, 6.07) is 11.5. The molecule has 0 spiro atoms. The van der Waals surface area contributed by atoms with Gasteiger partial charge in [0.15, 0.2) is 0 Å². The van der Waals surface area contributed by atoms with E-state index in [1.807, 2.05) is 17.0 Å². The Morgan fingerprint density at radius 3 is 2.49 bits per heavy atom. The number of amides is 2. The number of carbonyl (C=O) groups is 2. The van der Waals surface area contributed by atoms with E-state index in [0.29, 0.717) is 42.6 Å². The number of hydrogen-bond acceptors (Lipinski definition) is 5. The Kier molecular flexibility index (Phi) is 6.55. The first-order valence-electron chi connectivity index (χ1n) is 12.0. The van der Waals surface area contributed by atoms with Crippen molar-refractivity contribution in [1.82, 2.24) is 24.7 Å². The van der Waals surface area contributed by atoms with Crippen LogP contribution in [0.4, 0.5) is 4.39 Å². The van der Waals surface area contributed by atoms with Gasteiger partial charge in [0.1, 0.15) is 5.82 Å². The Bertz CT molecular complexity index is 1250. The molecule has 3 aromatic rings. The Morgan fingerprint density at radius 2 is 1.77 bits per heavy atom. The minimum absolute atomic E-state index is 0.0373. The fourth-order valence-corrected chi connectivity index (χ4v) is 5.12. The summed E-state index contributed by atoms with van der Waals surface area (Å²) in [5.41, 5.74) is 5.26. The monoisotopic (exact) mass is 479 g/mol. The van der Waals surface area contributed by atoms with Gasteiger partial charge >= 0.3 is 0 Å². The lowest BCUT2D eigenvalue weighted by Gasteiger charge is -2.35. The fourth-order valence-electron chi connectivity index (χ4n) is 5.12. The van der Waals surface area contributed by atoms with Crippen LogP contribution in [-0.4, -0.2) is 89.1 Å². The van der Waals surface area contributed by atoms with Crippen LogP contribution in [0.5, 0.6) is 0 Å². The third-order valence-corrected chi connectivity index (χ3v) is 7.19. The van der Waals surface area contributed by atoms with E-state index in [2.05, 4.69) is 21.4 Å². The van der Waals surface area contributed by atoms with Crippen LogP contribution in [0.1, 0.15) is 32.0 Å². The first kappa shape index (κ1) is 23.5. The van der Waals surface area contributed by atoms with Crippen LogP contribution in [0, 0.1) is 5.82 Å². The molecule has 2 N–H and O–H groups in total. The van der Waals surface area contributed by atoms with Crippen LogP contribution in [0.2, 0.25) is 0 Å². The molecule has 0 unspecified atom stereocenters. The number of fused-ring (bicyclic) bond motifs is 3. The van der Waals surface area contributed by atoms with Gasteiger partial charge in [-0.1, -0.05) is 12.1 Å². The summed E-state index contributed by atoms with van der Waals surface area (Å²) in [5.74, 6) is -0.970. The minimum atomic E-state index is -0.571. The highest BCUT2D eigenvalue weighted by atomic mass is 19.1. The maximum atomic E-state index is 14.2. The number of hydroxylamine groups is 1. The van der Waals surface area contributed by atoms with Crippen LogP contribution in [0.3, 0.4) is 0 Å². The molecule has 2 aliphatic rings. The number of hydrogen-bond donors (Lipinski definition) is 2. The zero-order valence-corrected chi connectivity index (χ0v) is 19.8. The summed E-state index contributed by atoms with van der Waals surface area (Å²) in [6.07, 6.45) is 0.700. The van der Waals surface area contributed by atoms with Crippen LogP contribution in [-0.2, 0) is 13.0 Å². The largest absolute Gasteiger partial charge is 0.339 e. The molecule has 0 saturated carbocycles. The Labute approximate surface area is 203 Å². The zero-order chi connectivity index (χ0) is 24.5. The van der Waals surface area contributed by atoms with E-state index in [9.17, 15) is 14.0 Å². The quantitative estimate of drug-likeness (QED) is 0.419. The molecular formula is C26H30FN5O3. The number of rotatable bonds is 6. The van der Waals surface area contributed by atoms with Gasteiger partial charge < -0.3 is 14.4 Å². The van der Waals surface area contributed by atoms with E-state index in [4.69, 9.17) is 5.21 Å². The number of aromatic nitrogens is 1. The first-order valence-corrected chi connectivity index (χ1v) is 12.0. The molecular weight excluding hydrogens is 449 g/mol. The molecule has 184 valence electrons. The molecule has 3 heterocycles. The molecule has 1 fully saturated rings. The number of carbonyl (C=O) groups excluding carboxylic acids is 2. The van der Waals surface area contributed by atoms with Crippen LogP contribution in [0.25, 0.3) is 10.9 Å². The van der Waals surface area contributed by atoms with Gasteiger partial charge in [-0.05, 0) is 42.9 Å². The predicted octanol–water partition coefficient (Wildman–Crippen LogP) is 2.19. The normalized spacial score (nSPS) is 17.1. The molecule has 0 radical (unpaired) electrons. The Balaban J connectivity index is 1.41. The molecule has 0 aliphatic carbocycles. The molecule has 9 heteroatoms. The Morgan fingerprint density at radius 1 is 1.03 bits per heavy atom. The standard InChI is InChI=1S/C26H30FN5O3/c1-29-10-12-30(13-11-29)14-15-31-9-8-23-24(26(31)34)21-16-20(27)6-7-22(21)32(23)17-18-2-4-19(5-3-18)25(33)28-35/h2-7,16,35H,8-15,17H2,1H3,(H,28,33). The average molecular weight is 480 g/mol. The second-order valence-electron chi connectivity index (χ2n) is 9.39. The third kappa shape index (κ3) is 4.67. The van der Waals surface area contributed by atoms with E-state index in [0.717, 1.165) is 49.5 Å². The van der Waals surface area contributed by atoms with E-state index >= 15 is 0 Å². The summed E-state index contributed by atoms with van der Waals surface area (Å²) in [4.78, 5) is 31.8. The van der Waals surface area contributed by atoms with Crippen LogP contribution in [0.15, 0.2) is 42.5 Å². The van der Waals surface area contributed by atoms with Crippen molar-refractivity contribution in [3.8, 4) is 0 Å². The van der Waals surface area contributed by atoms with Crippen molar-refractivity contribution >= 4 is 22.7 Å². The predicted molar refractivity (Wildman–Crippen MR) is 130 cm³/mol. The lowest BCUT2D eigenvalue weighted by molar-refractivity contribution is 0.0695.